The molecule has 0 radical (unpaired) electrons. The third kappa shape index (κ3) is 3.02. The largest absolute Gasteiger partial charge is 0.356 e. The van der Waals surface area contributed by atoms with Gasteiger partial charge >= 0.3 is 0 Å². The van der Waals surface area contributed by atoms with Gasteiger partial charge in [0.05, 0.1) is 6.04 Å². The number of aryl methyl sites for hydroxylation is 1. The van der Waals surface area contributed by atoms with Crippen LogP contribution < -0.4 is 10.6 Å². The van der Waals surface area contributed by atoms with Crippen molar-refractivity contribution in [2.24, 2.45) is 0 Å². The Morgan fingerprint density at radius 1 is 1.10 bits per heavy atom. The Bertz CT molecular complexity index is 625. The summed E-state index contributed by atoms with van der Waals surface area (Å²) in [5.41, 5.74) is 3.79. The van der Waals surface area contributed by atoms with E-state index in [1.807, 2.05) is 24.3 Å². The number of hydrogen-bond acceptors (Lipinski definition) is 1. The van der Waals surface area contributed by atoms with Gasteiger partial charge in [-0.2, -0.15) is 0 Å². The standard InChI is InChI=1S/C16H15BrN2S/c17-12-6-8-13(9-7-12)18-16(20)19-15-10-5-11-3-1-2-4-14(11)15/h1-4,6-9,15H,5,10H2,(H2,18,19,20). The van der Waals surface area contributed by atoms with E-state index in [2.05, 4.69) is 50.8 Å². The van der Waals surface area contributed by atoms with E-state index in [1.165, 1.54) is 11.1 Å². The molecule has 2 nitrogen and oxygen atoms in total. The lowest BCUT2D eigenvalue weighted by Crippen LogP contribution is -2.31. The highest BCUT2D eigenvalue weighted by molar-refractivity contribution is 9.10. The number of halogens is 1. The Morgan fingerprint density at radius 3 is 2.65 bits per heavy atom. The molecule has 1 aliphatic carbocycles. The molecule has 0 heterocycles. The van der Waals surface area contributed by atoms with E-state index >= 15 is 0 Å². The summed E-state index contributed by atoms with van der Waals surface area (Å²) in [6.45, 7) is 0. The number of nitrogens with one attached hydrogen (secondary N) is 2. The summed E-state index contributed by atoms with van der Waals surface area (Å²) in [5, 5.41) is 7.31. The first kappa shape index (κ1) is 13.6. The highest BCUT2D eigenvalue weighted by Gasteiger charge is 2.22. The zero-order valence-electron chi connectivity index (χ0n) is 10.9. The average molecular weight is 347 g/mol. The summed E-state index contributed by atoms with van der Waals surface area (Å²) in [7, 11) is 0. The minimum absolute atomic E-state index is 0.321. The zero-order valence-corrected chi connectivity index (χ0v) is 13.3. The molecule has 1 aliphatic rings. The second-order valence-corrected chi connectivity index (χ2v) is 6.22. The van der Waals surface area contributed by atoms with E-state index in [-0.39, 0.29) is 0 Å². The zero-order chi connectivity index (χ0) is 13.9. The molecule has 0 saturated carbocycles. The van der Waals surface area contributed by atoms with Crippen LogP contribution in [0.15, 0.2) is 53.0 Å². The lowest BCUT2D eigenvalue weighted by atomic mass is 10.1. The van der Waals surface area contributed by atoms with Gasteiger partial charge < -0.3 is 10.6 Å². The SMILES string of the molecule is S=C(Nc1ccc(Br)cc1)NC1CCc2ccccc21. The summed E-state index contributed by atoms with van der Waals surface area (Å²) in [5.74, 6) is 0. The van der Waals surface area contributed by atoms with Gasteiger partial charge in [0.2, 0.25) is 0 Å². The maximum absolute atomic E-state index is 5.40. The van der Waals surface area contributed by atoms with Crippen LogP contribution in [0.2, 0.25) is 0 Å². The molecule has 0 aliphatic heterocycles. The molecule has 20 heavy (non-hydrogen) atoms. The summed E-state index contributed by atoms with van der Waals surface area (Å²) in [4.78, 5) is 0. The van der Waals surface area contributed by atoms with Crippen molar-refractivity contribution in [2.45, 2.75) is 18.9 Å². The molecule has 2 N–H and O–H groups in total. The molecule has 2 aromatic carbocycles. The molecule has 1 atom stereocenters. The molecule has 0 saturated heterocycles. The predicted octanol–water partition coefficient (Wildman–Crippen LogP) is 4.42. The highest BCUT2D eigenvalue weighted by atomic mass is 79.9. The van der Waals surface area contributed by atoms with E-state index < -0.39 is 0 Å². The number of fused-ring (bicyclic) bond motifs is 1. The molecule has 0 bridgehead atoms. The van der Waals surface area contributed by atoms with Crippen LogP contribution in [0.1, 0.15) is 23.6 Å². The molecule has 0 aromatic heterocycles. The molecule has 0 fully saturated rings. The van der Waals surface area contributed by atoms with Crippen LogP contribution in [0, 0.1) is 0 Å². The Balaban J connectivity index is 1.64. The van der Waals surface area contributed by atoms with Gasteiger partial charge in [0.15, 0.2) is 5.11 Å². The van der Waals surface area contributed by atoms with Gasteiger partial charge in [-0.15, -0.1) is 0 Å². The smallest absolute Gasteiger partial charge is 0.171 e. The summed E-state index contributed by atoms with van der Waals surface area (Å²) < 4.78 is 1.06. The lowest BCUT2D eigenvalue weighted by molar-refractivity contribution is 0.644. The Morgan fingerprint density at radius 2 is 1.85 bits per heavy atom. The van der Waals surface area contributed by atoms with Crippen LogP contribution in [0.3, 0.4) is 0 Å². The van der Waals surface area contributed by atoms with Crippen molar-refractivity contribution in [3.05, 3.63) is 64.1 Å². The average Bonchev–Trinajstić information content (AvgIpc) is 2.85. The van der Waals surface area contributed by atoms with E-state index in [4.69, 9.17) is 12.2 Å². The summed E-state index contributed by atoms with van der Waals surface area (Å²) in [6.07, 6.45) is 2.22. The van der Waals surface area contributed by atoms with Gasteiger partial charge in [-0.05, 0) is 60.5 Å². The number of thiocarbonyl (C=S) groups is 1. The summed E-state index contributed by atoms with van der Waals surface area (Å²) >= 11 is 8.82. The maximum Gasteiger partial charge on any atom is 0.171 e. The number of benzene rings is 2. The Hall–Kier alpha value is -1.39. The second kappa shape index (κ2) is 5.94. The van der Waals surface area contributed by atoms with Gasteiger partial charge in [-0.25, -0.2) is 0 Å². The highest BCUT2D eigenvalue weighted by Crippen LogP contribution is 2.30. The van der Waals surface area contributed by atoms with Crippen molar-refractivity contribution in [2.75, 3.05) is 5.32 Å². The van der Waals surface area contributed by atoms with Crippen molar-refractivity contribution in [1.29, 1.82) is 0 Å². The van der Waals surface area contributed by atoms with Gasteiger partial charge in [0, 0.05) is 10.2 Å². The van der Waals surface area contributed by atoms with E-state index in [1.54, 1.807) is 0 Å². The fourth-order valence-electron chi connectivity index (χ4n) is 2.57. The quantitative estimate of drug-likeness (QED) is 0.787. The number of anilines is 1. The molecule has 102 valence electrons. The monoisotopic (exact) mass is 346 g/mol. The van der Waals surface area contributed by atoms with Crippen molar-refractivity contribution in [3.63, 3.8) is 0 Å². The molecular weight excluding hydrogens is 332 g/mol. The molecule has 2 aromatic rings. The molecular formula is C16H15BrN2S. The molecule has 3 rings (SSSR count). The van der Waals surface area contributed by atoms with Crippen molar-refractivity contribution < 1.29 is 0 Å². The third-order valence-corrected chi connectivity index (χ3v) is 4.29. The topological polar surface area (TPSA) is 24.1 Å². The van der Waals surface area contributed by atoms with E-state index in [0.29, 0.717) is 11.2 Å². The van der Waals surface area contributed by atoms with Crippen LogP contribution in [0.5, 0.6) is 0 Å². The van der Waals surface area contributed by atoms with Gasteiger partial charge in [-0.3, -0.25) is 0 Å². The molecule has 4 heteroatoms. The number of rotatable bonds is 2. The Kier molecular flexibility index (Phi) is 4.03. The molecule has 1 unspecified atom stereocenters. The minimum atomic E-state index is 0.321. The van der Waals surface area contributed by atoms with Crippen LogP contribution in [0.4, 0.5) is 5.69 Å². The van der Waals surface area contributed by atoms with Gasteiger partial charge in [0.1, 0.15) is 0 Å². The normalized spacial score (nSPS) is 16.6. The second-order valence-electron chi connectivity index (χ2n) is 4.90. The molecule has 0 amide bonds. The van der Waals surface area contributed by atoms with Gasteiger partial charge in [-0.1, -0.05) is 40.2 Å². The first-order valence-corrected chi connectivity index (χ1v) is 7.83. The summed E-state index contributed by atoms with van der Waals surface area (Å²) in [6, 6.07) is 16.9. The lowest BCUT2D eigenvalue weighted by Gasteiger charge is -2.17. The predicted molar refractivity (Wildman–Crippen MR) is 91.0 cm³/mol. The fraction of sp³-hybridized carbons (Fsp3) is 0.188. The maximum atomic E-state index is 5.40. The minimum Gasteiger partial charge on any atom is -0.356 e. The van der Waals surface area contributed by atoms with Crippen LogP contribution in [-0.4, -0.2) is 5.11 Å². The van der Waals surface area contributed by atoms with Crippen molar-refractivity contribution in [1.82, 2.24) is 5.32 Å². The van der Waals surface area contributed by atoms with Crippen LogP contribution in [0.25, 0.3) is 0 Å². The first-order valence-electron chi connectivity index (χ1n) is 6.63. The van der Waals surface area contributed by atoms with Crippen molar-refractivity contribution in [3.8, 4) is 0 Å². The third-order valence-electron chi connectivity index (χ3n) is 3.54. The van der Waals surface area contributed by atoms with Gasteiger partial charge in [0.25, 0.3) is 0 Å². The van der Waals surface area contributed by atoms with Crippen LogP contribution in [-0.2, 0) is 6.42 Å². The van der Waals surface area contributed by atoms with E-state index in [9.17, 15) is 0 Å². The fourth-order valence-corrected chi connectivity index (χ4v) is 3.09. The van der Waals surface area contributed by atoms with Crippen LogP contribution >= 0.6 is 28.1 Å². The number of hydrogen-bond donors (Lipinski definition) is 2. The Labute approximate surface area is 132 Å². The molecule has 0 spiro atoms. The first-order chi connectivity index (χ1) is 9.72. The van der Waals surface area contributed by atoms with E-state index in [0.717, 1.165) is 23.0 Å². The van der Waals surface area contributed by atoms with Crippen molar-refractivity contribution >= 4 is 38.9 Å².